The van der Waals surface area contributed by atoms with Crippen LogP contribution in [0.1, 0.15) is 35.8 Å². The molecule has 5 nitrogen and oxygen atoms in total. The van der Waals surface area contributed by atoms with Crippen LogP contribution >= 0.6 is 0 Å². The first-order chi connectivity index (χ1) is 12.2. The van der Waals surface area contributed by atoms with Crippen LogP contribution in [0.15, 0.2) is 36.5 Å². The van der Waals surface area contributed by atoms with E-state index in [-0.39, 0.29) is 24.1 Å². The van der Waals surface area contributed by atoms with Crippen LogP contribution in [0.3, 0.4) is 0 Å². The first-order valence-electron chi connectivity index (χ1n) is 8.48. The average molecular weight is 343 g/mol. The number of halogens is 1. The number of amides is 1. The van der Waals surface area contributed by atoms with Crippen molar-refractivity contribution in [2.24, 2.45) is 0 Å². The van der Waals surface area contributed by atoms with Gasteiger partial charge in [-0.1, -0.05) is 12.1 Å². The summed E-state index contributed by atoms with van der Waals surface area (Å²) in [7, 11) is 1.61. The average Bonchev–Trinajstić information content (AvgIpc) is 2.62. The van der Waals surface area contributed by atoms with Gasteiger partial charge in [-0.05, 0) is 36.6 Å². The monoisotopic (exact) mass is 343 g/mol. The molecule has 1 atom stereocenters. The minimum absolute atomic E-state index is 0.0291. The molecule has 1 saturated heterocycles. The second kappa shape index (κ2) is 8.16. The minimum Gasteiger partial charge on any atom is -0.377 e. The highest BCUT2D eigenvalue weighted by Crippen LogP contribution is 2.26. The molecule has 1 aromatic carbocycles. The summed E-state index contributed by atoms with van der Waals surface area (Å²) in [4.78, 5) is 23.2. The van der Waals surface area contributed by atoms with Crippen molar-refractivity contribution in [3.63, 3.8) is 0 Å². The second-order valence-corrected chi connectivity index (χ2v) is 6.32. The van der Waals surface area contributed by atoms with Crippen LogP contribution in [-0.4, -0.2) is 41.0 Å². The molecule has 2 aromatic rings. The third-order valence-electron chi connectivity index (χ3n) is 4.44. The van der Waals surface area contributed by atoms with Crippen LogP contribution in [0, 0.1) is 5.82 Å². The Morgan fingerprint density at radius 1 is 1.40 bits per heavy atom. The summed E-state index contributed by atoms with van der Waals surface area (Å²) < 4.78 is 18.4. The maximum Gasteiger partial charge on any atom is 0.227 e. The fraction of sp³-hybridized carbons (Fsp3) is 0.421. The van der Waals surface area contributed by atoms with E-state index in [1.54, 1.807) is 25.4 Å². The van der Waals surface area contributed by atoms with E-state index in [1.165, 1.54) is 12.1 Å². The highest BCUT2D eigenvalue weighted by molar-refractivity contribution is 5.79. The van der Waals surface area contributed by atoms with E-state index in [1.807, 2.05) is 11.0 Å². The Bertz CT molecular complexity index is 738. The fourth-order valence-electron chi connectivity index (χ4n) is 3.22. The Morgan fingerprint density at radius 2 is 2.28 bits per heavy atom. The van der Waals surface area contributed by atoms with Gasteiger partial charge in [0.1, 0.15) is 12.4 Å². The Labute approximate surface area is 146 Å². The molecule has 6 heteroatoms. The molecule has 1 aromatic heterocycles. The molecule has 1 amide bonds. The third-order valence-corrected chi connectivity index (χ3v) is 4.44. The van der Waals surface area contributed by atoms with Crippen molar-refractivity contribution in [3.05, 3.63) is 59.4 Å². The molecule has 0 aliphatic carbocycles. The minimum atomic E-state index is -0.312. The molecule has 1 fully saturated rings. The lowest BCUT2D eigenvalue weighted by molar-refractivity contribution is -0.131. The largest absolute Gasteiger partial charge is 0.377 e. The van der Waals surface area contributed by atoms with Gasteiger partial charge >= 0.3 is 0 Å². The van der Waals surface area contributed by atoms with Crippen LogP contribution in [0.25, 0.3) is 0 Å². The summed E-state index contributed by atoms with van der Waals surface area (Å²) in [5.74, 6) is 0.571. The molecule has 1 aliphatic heterocycles. The summed E-state index contributed by atoms with van der Waals surface area (Å²) in [6.45, 7) is 1.75. The van der Waals surface area contributed by atoms with Crippen molar-refractivity contribution in [2.75, 3.05) is 20.2 Å². The Balaban J connectivity index is 1.66. The third kappa shape index (κ3) is 4.60. The smallest absolute Gasteiger partial charge is 0.227 e. The van der Waals surface area contributed by atoms with Gasteiger partial charge in [-0.25, -0.2) is 14.4 Å². The Kier molecular flexibility index (Phi) is 5.71. The zero-order valence-electron chi connectivity index (χ0n) is 14.3. The number of hydrogen-bond acceptors (Lipinski definition) is 4. The number of nitrogens with zero attached hydrogens (tertiary/aromatic N) is 3. The maximum atomic E-state index is 13.3. The number of rotatable bonds is 5. The van der Waals surface area contributed by atoms with Gasteiger partial charge in [0.15, 0.2) is 5.82 Å². The van der Waals surface area contributed by atoms with Crippen molar-refractivity contribution in [1.82, 2.24) is 14.9 Å². The summed E-state index contributed by atoms with van der Waals surface area (Å²) in [5.41, 5.74) is 1.65. The number of methoxy groups -OCH3 is 1. The van der Waals surface area contributed by atoms with Crippen LogP contribution in [0.5, 0.6) is 0 Å². The second-order valence-electron chi connectivity index (χ2n) is 6.32. The number of aromatic nitrogens is 2. The molecule has 0 spiro atoms. The molecule has 2 heterocycles. The van der Waals surface area contributed by atoms with E-state index in [9.17, 15) is 9.18 Å². The molecule has 0 radical (unpaired) electrons. The summed E-state index contributed by atoms with van der Waals surface area (Å²) in [6, 6.07) is 8.13. The molecule has 25 heavy (non-hydrogen) atoms. The molecular weight excluding hydrogens is 321 g/mol. The summed E-state index contributed by atoms with van der Waals surface area (Å²) in [6.07, 6.45) is 3.89. The van der Waals surface area contributed by atoms with Crippen molar-refractivity contribution in [1.29, 1.82) is 0 Å². The van der Waals surface area contributed by atoms with Crippen molar-refractivity contribution >= 4 is 5.91 Å². The van der Waals surface area contributed by atoms with Gasteiger partial charge < -0.3 is 9.64 Å². The fourth-order valence-corrected chi connectivity index (χ4v) is 3.22. The van der Waals surface area contributed by atoms with Gasteiger partial charge in [0.25, 0.3) is 0 Å². The van der Waals surface area contributed by atoms with Gasteiger partial charge in [0, 0.05) is 38.0 Å². The Hall–Kier alpha value is -2.34. The molecule has 0 saturated carbocycles. The first kappa shape index (κ1) is 17.5. The number of piperidine rings is 1. The predicted octanol–water partition coefficient (Wildman–Crippen LogP) is 2.71. The molecule has 0 unspecified atom stereocenters. The van der Waals surface area contributed by atoms with E-state index in [0.717, 1.165) is 25.1 Å². The number of ether oxygens (including phenoxy) is 1. The highest BCUT2D eigenvalue weighted by atomic mass is 19.1. The topological polar surface area (TPSA) is 55.3 Å². The number of carbonyl (C=O) groups is 1. The zero-order chi connectivity index (χ0) is 17.6. The van der Waals surface area contributed by atoms with Gasteiger partial charge in [-0.2, -0.15) is 0 Å². The van der Waals surface area contributed by atoms with Crippen molar-refractivity contribution < 1.29 is 13.9 Å². The molecule has 132 valence electrons. The Morgan fingerprint density at radius 3 is 3.08 bits per heavy atom. The van der Waals surface area contributed by atoms with Crippen molar-refractivity contribution in [3.8, 4) is 0 Å². The number of hydrogen-bond donors (Lipinski definition) is 0. The molecule has 3 rings (SSSR count). The molecule has 0 N–H and O–H groups in total. The lowest BCUT2D eigenvalue weighted by atomic mass is 9.94. The standard InChI is InChI=1S/C19H22FN3O2/c1-25-13-18-21-8-7-17(22-18)15-5-3-9-23(12-15)19(24)11-14-4-2-6-16(20)10-14/h2,4,6-8,10,15H,3,5,9,11-13H2,1H3/t15-/m0/s1. The lowest BCUT2D eigenvalue weighted by Gasteiger charge is -2.32. The van der Waals surface area contributed by atoms with E-state index in [4.69, 9.17) is 4.74 Å². The van der Waals surface area contributed by atoms with Gasteiger partial charge in [-0.15, -0.1) is 0 Å². The maximum absolute atomic E-state index is 13.3. The number of benzene rings is 1. The highest BCUT2D eigenvalue weighted by Gasteiger charge is 2.25. The molecule has 0 bridgehead atoms. The van der Waals surface area contributed by atoms with E-state index in [2.05, 4.69) is 9.97 Å². The van der Waals surface area contributed by atoms with Gasteiger partial charge in [0.05, 0.1) is 6.42 Å². The molecular formula is C19H22FN3O2. The quantitative estimate of drug-likeness (QED) is 0.838. The van der Waals surface area contributed by atoms with Gasteiger partial charge in [-0.3, -0.25) is 4.79 Å². The van der Waals surface area contributed by atoms with Crippen LogP contribution in [0.2, 0.25) is 0 Å². The van der Waals surface area contributed by atoms with Crippen LogP contribution in [-0.2, 0) is 22.6 Å². The molecule has 1 aliphatic rings. The predicted molar refractivity (Wildman–Crippen MR) is 91.4 cm³/mol. The first-order valence-corrected chi connectivity index (χ1v) is 8.48. The van der Waals surface area contributed by atoms with E-state index in [0.29, 0.717) is 24.5 Å². The van der Waals surface area contributed by atoms with Crippen LogP contribution < -0.4 is 0 Å². The van der Waals surface area contributed by atoms with Gasteiger partial charge in [0.2, 0.25) is 5.91 Å². The van der Waals surface area contributed by atoms with Crippen LogP contribution in [0.4, 0.5) is 4.39 Å². The van der Waals surface area contributed by atoms with E-state index < -0.39 is 0 Å². The number of likely N-dealkylation sites (tertiary alicyclic amines) is 1. The number of carbonyl (C=O) groups excluding carboxylic acids is 1. The summed E-state index contributed by atoms with van der Waals surface area (Å²) >= 11 is 0. The normalized spacial score (nSPS) is 17.5. The zero-order valence-corrected chi connectivity index (χ0v) is 14.3. The SMILES string of the molecule is COCc1nccc([C@H]2CCCN(C(=O)Cc3cccc(F)c3)C2)n1. The lowest BCUT2D eigenvalue weighted by Crippen LogP contribution is -2.40. The summed E-state index contributed by atoms with van der Waals surface area (Å²) in [5, 5.41) is 0. The van der Waals surface area contributed by atoms with Crippen molar-refractivity contribution in [2.45, 2.75) is 31.8 Å². The van der Waals surface area contributed by atoms with E-state index >= 15 is 0 Å².